The van der Waals surface area contributed by atoms with Gasteiger partial charge in [0, 0.05) is 6.54 Å². The summed E-state index contributed by atoms with van der Waals surface area (Å²) in [5, 5.41) is 0. The molecule has 0 heterocycles. The van der Waals surface area contributed by atoms with Gasteiger partial charge in [0.2, 0.25) is 10.0 Å². The first-order valence-corrected chi connectivity index (χ1v) is 7.60. The minimum Gasteiger partial charge on any atom is -0.330 e. The van der Waals surface area contributed by atoms with Gasteiger partial charge in [0.15, 0.2) is 0 Å². The molecule has 0 spiro atoms. The fourth-order valence-electron chi connectivity index (χ4n) is 1.42. The second-order valence-corrected chi connectivity index (χ2v) is 5.66. The topological polar surface area (TPSA) is 75.4 Å². The number of rotatable bonds is 10. The molecule has 0 radical (unpaired) electrons. The Morgan fingerprint density at radius 2 is 1.81 bits per heavy atom. The molecule has 0 fully saturated rings. The Morgan fingerprint density at radius 3 is 2.31 bits per heavy atom. The molecule has 0 aliphatic rings. The Bertz CT molecular complexity index is 251. The quantitative estimate of drug-likeness (QED) is 0.535. The summed E-state index contributed by atoms with van der Waals surface area (Å²) in [6.07, 6.45) is 1.37. The largest absolute Gasteiger partial charge is 0.330 e. The van der Waals surface area contributed by atoms with Crippen molar-refractivity contribution in [1.29, 1.82) is 0 Å². The van der Waals surface area contributed by atoms with Crippen LogP contribution in [0.15, 0.2) is 0 Å². The molecule has 0 amide bonds. The minimum absolute atomic E-state index is 0.134. The molecule has 0 aliphatic carbocycles. The van der Waals surface area contributed by atoms with Gasteiger partial charge in [-0.1, -0.05) is 13.8 Å². The number of hydrogen-bond donors (Lipinski definition) is 2. The summed E-state index contributed by atoms with van der Waals surface area (Å²) in [5.74, 6) is 0.134. The third kappa shape index (κ3) is 8.04. The van der Waals surface area contributed by atoms with Crippen molar-refractivity contribution in [3.8, 4) is 0 Å². The van der Waals surface area contributed by atoms with E-state index in [1.807, 2.05) is 0 Å². The van der Waals surface area contributed by atoms with Crippen LogP contribution in [0.5, 0.6) is 0 Å². The minimum atomic E-state index is -3.10. The zero-order valence-corrected chi connectivity index (χ0v) is 11.2. The summed E-state index contributed by atoms with van der Waals surface area (Å²) in [7, 11) is -3.10. The average molecular weight is 251 g/mol. The molecule has 98 valence electrons. The summed E-state index contributed by atoms with van der Waals surface area (Å²) >= 11 is 0. The Morgan fingerprint density at radius 1 is 1.19 bits per heavy atom. The van der Waals surface area contributed by atoms with Crippen LogP contribution < -0.4 is 10.5 Å². The lowest BCUT2D eigenvalue weighted by Crippen LogP contribution is -2.31. The molecule has 3 N–H and O–H groups in total. The zero-order valence-electron chi connectivity index (χ0n) is 10.4. The van der Waals surface area contributed by atoms with Gasteiger partial charge >= 0.3 is 0 Å². The molecule has 16 heavy (non-hydrogen) atoms. The van der Waals surface area contributed by atoms with Crippen molar-refractivity contribution in [3.05, 3.63) is 0 Å². The highest BCUT2D eigenvalue weighted by molar-refractivity contribution is 7.89. The molecular weight excluding hydrogens is 226 g/mol. The van der Waals surface area contributed by atoms with Gasteiger partial charge in [-0.05, 0) is 39.0 Å². The summed E-state index contributed by atoms with van der Waals surface area (Å²) in [5.41, 5.74) is 5.27. The molecule has 0 aromatic heterocycles. The predicted octanol–water partition coefficient (Wildman–Crippen LogP) is -0.0135. The van der Waals surface area contributed by atoms with E-state index in [1.165, 1.54) is 0 Å². The van der Waals surface area contributed by atoms with E-state index in [-0.39, 0.29) is 5.75 Å². The van der Waals surface area contributed by atoms with Crippen LogP contribution in [-0.2, 0) is 10.0 Å². The third-order valence-electron chi connectivity index (χ3n) is 2.48. The van der Waals surface area contributed by atoms with Gasteiger partial charge in [0.25, 0.3) is 0 Å². The lowest BCUT2D eigenvalue weighted by Gasteiger charge is -2.17. The molecule has 0 atom stereocenters. The van der Waals surface area contributed by atoms with Crippen molar-refractivity contribution < 1.29 is 8.42 Å². The van der Waals surface area contributed by atoms with Crippen LogP contribution in [0.3, 0.4) is 0 Å². The number of nitrogens with zero attached hydrogens (tertiary/aromatic N) is 1. The molecule has 0 aliphatic heterocycles. The molecule has 5 nitrogen and oxygen atoms in total. The van der Waals surface area contributed by atoms with Crippen molar-refractivity contribution in [1.82, 2.24) is 9.62 Å². The van der Waals surface area contributed by atoms with Crippen LogP contribution in [-0.4, -0.2) is 51.8 Å². The second-order valence-electron chi connectivity index (χ2n) is 3.74. The van der Waals surface area contributed by atoms with Crippen LogP contribution in [0.25, 0.3) is 0 Å². The smallest absolute Gasteiger partial charge is 0.211 e. The monoisotopic (exact) mass is 251 g/mol. The van der Waals surface area contributed by atoms with Crippen LogP contribution >= 0.6 is 0 Å². The summed E-state index contributed by atoms with van der Waals surface area (Å²) < 4.78 is 25.4. The lowest BCUT2D eigenvalue weighted by molar-refractivity contribution is 0.300. The fraction of sp³-hybridized carbons (Fsp3) is 1.00. The van der Waals surface area contributed by atoms with Crippen molar-refractivity contribution in [2.75, 3.05) is 38.5 Å². The first-order valence-electron chi connectivity index (χ1n) is 5.95. The SMILES string of the molecule is CCN(CC)CCCNS(=O)(=O)CCCN. The van der Waals surface area contributed by atoms with Gasteiger partial charge in [-0.15, -0.1) is 0 Å². The third-order valence-corrected chi connectivity index (χ3v) is 3.95. The highest BCUT2D eigenvalue weighted by atomic mass is 32.2. The number of nitrogens with one attached hydrogen (secondary N) is 1. The van der Waals surface area contributed by atoms with Gasteiger partial charge in [-0.2, -0.15) is 0 Å². The standard InChI is InChI=1S/C10H25N3O2S/c1-3-13(4-2)9-6-8-12-16(14,15)10-5-7-11/h12H,3-11H2,1-2H3. The van der Waals surface area contributed by atoms with Gasteiger partial charge in [0.1, 0.15) is 0 Å². The maximum absolute atomic E-state index is 11.4. The van der Waals surface area contributed by atoms with Crippen LogP contribution in [0.4, 0.5) is 0 Å². The van der Waals surface area contributed by atoms with E-state index in [1.54, 1.807) is 0 Å². The number of nitrogens with two attached hydrogens (primary N) is 1. The second kappa shape index (κ2) is 8.92. The maximum atomic E-state index is 11.4. The van der Waals surface area contributed by atoms with E-state index in [4.69, 9.17) is 5.73 Å². The van der Waals surface area contributed by atoms with Crippen molar-refractivity contribution in [2.24, 2.45) is 5.73 Å². The Labute approximate surface area is 99.4 Å². The number of hydrogen-bond acceptors (Lipinski definition) is 4. The van der Waals surface area contributed by atoms with Crippen molar-refractivity contribution in [2.45, 2.75) is 26.7 Å². The fourth-order valence-corrected chi connectivity index (χ4v) is 2.56. The highest BCUT2D eigenvalue weighted by Crippen LogP contribution is 1.92. The first kappa shape index (κ1) is 15.8. The normalized spacial score (nSPS) is 12.2. The van der Waals surface area contributed by atoms with Crippen molar-refractivity contribution >= 4 is 10.0 Å². The van der Waals surface area contributed by atoms with Crippen molar-refractivity contribution in [3.63, 3.8) is 0 Å². The summed E-state index contributed by atoms with van der Waals surface area (Å²) in [6.45, 7) is 8.10. The van der Waals surface area contributed by atoms with Gasteiger partial charge < -0.3 is 10.6 Å². The van der Waals surface area contributed by atoms with E-state index in [0.717, 1.165) is 26.1 Å². The van der Waals surface area contributed by atoms with Gasteiger partial charge in [-0.3, -0.25) is 0 Å². The van der Waals surface area contributed by atoms with E-state index >= 15 is 0 Å². The van der Waals surface area contributed by atoms with E-state index in [0.29, 0.717) is 19.5 Å². The van der Waals surface area contributed by atoms with Gasteiger partial charge in [0.05, 0.1) is 5.75 Å². The number of sulfonamides is 1. The molecule has 0 bridgehead atoms. The highest BCUT2D eigenvalue weighted by Gasteiger charge is 2.08. The molecule has 0 saturated heterocycles. The lowest BCUT2D eigenvalue weighted by atomic mass is 10.4. The van der Waals surface area contributed by atoms with Crippen LogP contribution in [0.1, 0.15) is 26.7 Å². The Hall–Kier alpha value is -0.170. The molecule has 0 aromatic carbocycles. The van der Waals surface area contributed by atoms with Crippen LogP contribution in [0.2, 0.25) is 0 Å². The average Bonchev–Trinajstić information content (AvgIpc) is 2.27. The predicted molar refractivity (Wildman–Crippen MR) is 67.9 cm³/mol. The Kier molecular flexibility index (Phi) is 8.83. The first-order chi connectivity index (χ1) is 7.55. The Balaban J connectivity index is 3.64. The van der Waals surface area contributed by atoms with E-state index < -0.39 is 10.0 Å². The molecule has 0 rings (SSSR count). The summed E-state index contributed by atoms with van der Waals surface area (Å²) in [6, 6.07) is 0. The van der Waals surface area contributed by atoms with E-state index in [2.05, 4.69) is 23.5 Å². The van der Waals surface area contributed by atoms with Crippen LogP contribution in [0, 0.1) is 0 Å². The molecule has 0 unspecified atom stereocenters. The molecule has 0 saturated carbocycles. The summed E-state index contributed by atoms with van der Waals surface area (Å²) in [4.78, 5) is 2.27. The molecule has 6 heteroatoms. The van der Waals surface area contributed by atoms with E-state index in [9.17, 15) is 8.42 Å². The van der Waals surface area contributed by atoms with Gasteiger partial charge in [-0.25, -0.2) is 13.1 Å². The molecular formula is C10H25N3O2S. The zero-order chi connectivity index (χ0) is 12.4. The molecule has 0 aromatic rings. The maximum Gasteiger partial charge on any atom is 0.211 e.